The molecule has 2 saturated carbocycles. The predicted octanol–water partition coefficient (Wildman–Crippen LogP) is 5.37. The van der Waals surface area contributed by atoms with Gasteiger partial charge in [0.05, 0.1) is 6.20 Å². The Kier molecular flexibility index (Phi) is 8.12. The zero-order chi connectivity index (χ0) is 28.9. The van der Waals surface area contributed by atoms with Crippen molar-refractivity contribution in [1.82, 2.24) is 25.1 Å². The Morgan fingerprint density at radius 3 is 2.38 bits per heavy atom. The molecule has 2 aromatic carbocycles. The van der Waals surface area contributed by atoms with Gasteiger partial charge in [0.25, 0.3) is 0 Å². The van der Waals surface area contributed by atoms with Gasteiger partial charge >= 0.3 is 6.03 Å². The molecule has 10 heteroatoms. The van der Waals surface area contributed by atoms with E-state index in [1.807, 2.05) is 78.9 Å². The molecule has 6 rings (SSSR count). The number of amides is 3. The quantitative estimate of drug-likeness (QED) is 0.252. The van der Waals surface area contributed by atoms with Gasteiger partial charge in [-0.15, -0.1) is 0 Å². The van der Waals surface area contributed by atoms with E-state index in [-0.39, 0.29) is 29.9 Å². The van der Waals surface area contributed by atoms with E-state index in [1.54, 1.807) is 16.9 Å². The largest absolute Gasteiger partial charge is 0.351 e. The SMILES string of the molecule is Cn1cc(-c2ccc(N(C(=O)NCc3ccccc3)C3CCC(Nc4nccc(NC(=O)C5CC5)n4)CC3)cc2)cn1. The second kappa shape index (κ2) is 12.4. The minimum atomic E-state index is -0.105. The Labute approximate surface area is 245 Å². The van der Waals surface area contributed by atoms with Crippen LogP contribution < -0.4 is 20.9 Å². The first kappa shape index (κ1) is 27.4. The maximum atomic E-state index is 13.7. The van der Waals surface area contributed by atoms with Gasteiger partial charge in [0, 0.05) is 55.2 Å². The summed E-state index contributed by atoms with van der Waals surface area (Å²) in [5, 5.41) is 13.7. The van der Waals surface area contributed by atoms with Gasteiger partial charge in [0.1, 0.15) is 5.82 Å². The van der Waals surface area contributed by atoms with Crippen molar-refractivity contribution >= 4 is 29.4 Å². The standard InChI is InChI=1S/C32H36N8O2/c1-39-21-25(20-35-39)23-9-13-27(14-10-23)40(32(42)34-19-22-5-3-2-4-6-22)28-15-11-26(12-16-28)36-31-33-18-17-29(38-31)37-30(41)24-7-8-24/h2-6,9-10,13-14,17-18,20-21,24,26,28H,7-8,11-12,15-16,19H2,1H3,(H,34,42)(H2,33,36,37,38,41). The van der Waals surface area contributed by atoms with Crippen LogP contribution in [0.25, 0.3) is 11.1 Å². The first-order valence-corrected chi connectivity index (χ1v) is 14.6. The summed E-state index contributed by atoms with van der Waals surface area (Å²) in [5.74, 6) is 1.18. The number of hydrogen-bond donors (Lipinski definition) is 3. The lowest BCUT2D eigenvalue weighted by Gasteiger charge is -2.37. The van der Waals surface area contributed by atoms with Gasteiger partial charge in [-0.25, -0.2) is 9.78 Å². The fourth-order valence-electron chi connectivity index (χ4n) is 5.47. The lowest BCUT2D eigenvalue weighted by atomic mass is 9.90. The van der Waals surface area contributed by atoms with Gasteiger partial charge in [-0.2, -0.15) is 10.1 Å². The summed E-state index contributed by atoms with van der Waals surface area (Å²) in [6.07, 6.45) is 10.8. The third kappa shape index (κ3) is 6.76. The average molecular weight is 565 g/mol. The van der Waals surface area contributed by atoms with Gasteiger partial charge in [0.2, 0.25) is 11.9 Å². The van der Waals surface area contributed by atoms with Crippen LogP contribution in [0.4, 0.5) is 22.2 Å². The number of rotatable bonds is 9. The van der Waals surface area contributed by atoms with Crippen LogP contribution in [0.3, 0.4) is 0 Å². The van der Waals surface area contributed by atoms with Gasteiger partial charge in [-0.3, -0.25) is 14.4 Å². The molecule has 2 heterocycles. The molecule has 10 nitrogen and oxygen atoms in total. The number of nitrogens with one attached hydrogen (secondary N) is 3. The van der Waals surface area contributed by atoms with Crippen LogP contribution in [0.5, 0.6) is 0 Å². The van der Waals surface area contributed by atoms with Crippen molar-refractivity contribution < 1.29 is 9.59 Å². The molecule has 2 aliphatic rings. The number of urea groups is 1. The third-order valence-corrected chi connectivity index (χ3v) is 7.94. The van der Waals surface area contributed by atoms with E-state index >= 15 is 0 Å². The number of carbonyl (C=O) groups is 2. The van der Waals surface area contributed by atoms with Crippen LogP contribution in [0.2, 0.25) is 0 Å². The summed E-state index contributed by atoms with van der Waals surface area (Å²) in [6.45, 7) is 0.464. The Morgan fingerprint density at radius 1 is 0.929 bits per heavy atom. The van der Waals surface area contributed by atoms with Gasteiger partial charge < -0.3 is 16.0 Å². The van der Waals surface area contributed by atoms with Gasteiger partial charge in [-0.1, -0.05) is 42.5 Å². The van der Waals surface area contributed by atoms with E-state index in [4.69, 9.17) is 0 Å². The summed E-state index contributed by atoms with van der Waals surface area (Å²) in [6, 6.07) is 19.9. The molecule has 0 aliphatic heterocycles. The molecule has 0 spiro atoms. The Balaban J connectivity index is 1.12. The highest BCUT2D eigenvalue weighted by atomic mass is 16.2. The highest BCUT2D eigenvalue weighted by Crippen LogP contribution is 2.32. The van der Waals surface area contributed by atoms with E-state index in [1.165, 1.54) is 0 Å². The molecular formula is C32H36N8O2. The highest BCUT2D eigenvalue weighted by Gasteiger charge is 2.31. The lowest BCUT2D eigenvalue weighted by Crippen LogP contribution is -2.48. The van der Waals surface area contributed by atoms with Crippen LogP contribution in [0, 0.1) is 5.92 Å². The number of benzene rings is 2. The fraction of sp³-hybridized carbons (Fsp3) is 0.344. The lowest BCUT2D eigenvalue weighted by molar-refractivity contribution is -0.117. The zero-order valence-electron chi connectivity index (χ0n) is 23.7. The summed E-state index contributed by atoms with van der Waals surface area (Å²) in [7, 11) is 1.90. The molecule has 0 unspecified atom stereocenters. The van der Waals surface area contributed by atoms with Gasteiger partial charge in [0.15, 0.2) is 0 Å². The Bertz CT molecular complexity index is 1510. The molecule has 4 aromatic rings. The molecule has 0 saturated heterocycles. The predicted molar refractivity (Wildman–Crippen MR) is 163 cm³/mol. The first-order chi connectivity index (χ1) is 20.5. The van der Waals surface area contributed by atoms with Crippen molar-refractivity contribution in [2.75, 3.05) is 15.5 Å². The normalized spacial score (nSPS) is 18.2. The smallest absolute Gasteiger partial charge is 0.322 e. The number of carbonyl (C=O) groups excluding carboxylic acids is 2. The number of anilines is 3. The Morgan fingerprint density at radius 2 is 1.69 bits per heavy atom. The number of aromatic nitrogens is 4. The number of nitrogens with zero attached hydrogens (tertiary/aromatic N) is 5. The monoisotopic (exact) mass is 564 g/mol. The summed E-state index contributed by atoms with van der Waals surface area (Å²) < 4.78 is 1.78. The molecule has 0 radical (unpaired) electrons. The molecule has 0 atom stereocenters. The van der Waals surface area contributed by atoms with Crippen molar-refractivity contribution in [1.29, 1.82) is 0 Å². The molecule has 0 bridgehead atoms. The average Bonchev–Trinajstić information content (AvgIpc) is 3.78. The molecule has 3 amide bonds. The first-order valence-electron chi connectivity index (χ1n) is 14.6. The number of hydrogen-bond acceptors (Lipinski definition) is 6. The van der Waals surface area contributed by atoms with Crippen molar-refractivity contribution in [3.8, 4) is 11.1 Å². The highest BCUT2D eigenvalue weighted by molar-refractivity contribution is 5.93. The second-order valence-electron chi connectivity index (χ2n) is 11.1. The van der Waals surface area contributed by atoms with Crippen molar-refractivity contribution in [2.24, 2.45) is 13.0 Å². The molecule has 2 aliphatic carbocycles. The molecule has 3 N–H and O–H groups in total. The minimum absolute atomic E-state index is 0.0271. The second-order valence-corrected chi connectivity index (χ2v) is 11.1. The van der Waals surface area contributed by atoms with Crippen LogP contribution in [0.15, 0.2) is 79.3 Å². The van der Waals surface area contributed by atoms with Crippen molar-refractivity contribution in [3.05, 3.63) is 84.8 Å². The number of aryl methyl sites for hydroxylation is 1. The van der Waals surface area contributed by atoms with E-state index in [9.17, 15) is 9.59 Å². The van der Waals surface area contributed by atoms with Crippen LogP contribution in [-0.4, -0.2) is 43.8 Å². The molecule has 2 fully saturated rings. The van der Waals surface area contributed by atoms with Crippen molar-refractivity contribution in [3.63, 3.8) is 0 Å². The fourth-order valence-corrected chi connectivity index (χ4v) is 5.47. The zero-order valence-corrected chi connectivity index (χ0v) is 23.7. The molecular weight excluding hydrogens is 528 g/mol. The summed E-state index contributed by atoms with van der Waals surface area (Å²) >= 11 is 0. The van der Waals surface area contributed by atoms with Crippen LogP contribution in [0.1, 0.15) is 44.1 Å². The van der Waals surface area contributed by atoms with E-state index in [0.717, 1.165) is 60.9 Å². The minimum Gasteiger partial charge on any atom is -0.351 e. The maximum absolute atomic E-state index is 13.7. The third-order valence-electron chi connectivity index (χ3n) is 7.94. The molecule has 42 heavy (non-hydrogen) atoms. The van der Waals surface area contributed by atoms with E-state index in [2.05, 4.69) is 31.0 Å². The molecule has 2 aromatic heterocycles. The van der Waals surface area contributed by atoms with Crippen LogP contribution >= 0.6 is 0 Å². The topological polar surface area (TPSA) is 117 Å². The molecule has 216 valence electrons. The van der Waals surface area contributed by atoms with Gasteiger partial charge in [-0.05, 0) is 67.9 Å². The van der Waals surface area contributed by atoms with E-state index in [0.29, 0.717) is 18.3 Å². The van der Waals surface area contributed by atoms with Crippen molar-refractivity contribution in [2.45, 2.75) is 57.2 Å². The maximum Gasteiger partial charge on any atom is 0.322 e. The van der Waals surface area contributed by atoms with E-state index < -0.39 is 0 Å². The summed E-state index contributed by atoms with van der Waals surface area (Å²) in [5.41, 5.74) is 4.02. The van der Waals surface area contributed by atoms with Crippen LogP contribution in [-0.2, 0) is 18.4 Å². The summed E-state index contributed by atoms with van der Waals surface area (Å²) in [4.78, 5) is 36.6. The Hall–Kier alpha value is -4.73.